The molecular formula is C17H19FN2O3S. The minimum atomic E-state index is -3.67. The largest absolute Gasteiger partial charge is 0.322 e. The lowest BCUT2D eigenvalue weighted by Crippen LogP contribution is -2.37. The monoisotopic (exact) mass is 350 g/mol. The number of para-hydroxylation sites is 1. The minimum Gasteiger partial charge on any atom is -0.322 e. The van der Waals surface area contributed by atoms with Crippen LogP contribution in [0.5, 0.6) is 0 Å². The standard InChI is InChI=1S/C17H19FN2O3S/c1-12-8-13(2)10-14(9-12)20(24(3,22)23)11-17(21)19-16-7-5-4-6-15(16)18/h4-10H,11H2,1-3H3,(H,19,21). The molecule has 0 radical (unpaired) electrons. The lowest BCUT2D eigenvalue weighted by Gasteiger charge is -2.23. The van der Waals surface area contributed by atoms with Crippen LogP contribution in [0.2, 0.25) is 0 Å². The van der Waals surface area contributed by atoms with Gasteiger partial charge in [-0.3, -0.25) is 9.10 Å². The lowest BCUT2D eigenvalue weighted by atomic mass is 10.1. The number of sulfonamides is 1. The maximum absolute atomic E-state index is 13.6. The molecule has 0 aliphatic heterocycles. The normalized spacial score (nSPS) is 11.2. The summed E-state index contributed by atoms with van der Waals surface area (Å²) < 4.78 is 38.8. The molecule has 1 N–H and O–H groups in total. The zero-order valence-electron chi connectivity index (χ0n) is 13.7. The van der Waals surface area contributed by atoms with Crippen molar-refractivity contribution in [1.82, 2.24) is 0 Å². The Balaban J connectivity index is 2.27. The van der Waals surface area contributed by atoms with Crippen molar-refractivity contribution in [2.24, 2.45) is 0 Å². The average Bonchev–Trinajstić information content (AvgIpc) is 2.45. The van der Waals surface area contributed by atoms with Crippen LogP contribution in [0.4, 0.5) is 15.8 Å². The van der Waals surface area contributed by atoms with E-state index in [2.05, 4.69) is 5.32 Å². The Bertz CT molecular complexity index is 846. The fraction of sp³-hybridized carbons (Fsp3) is 0.235. The molecule has 24 heavy (non-hydrogen) atoms. The molecule has 2 aromatic rings. The first kappa shape index (κ1) is 17.9. The molecule has 0 aliphatic carbocycles. The molecule has 2 rings (SSSR count). The highest BCUT2D eigenvalue weighted by atomic mass is 32.2. The minimum absolute atomic E-state index is 0.0105. The van der Waals surface area contributed by atoms with E-state index < -0.39 is 28.3 Å². The number of hydrogen-bond donors (Lipinski definition) is 1. The van der Waals surface area contributed by atoms with Gasteiger partial charge in [0.05, 0.1) is 17.6 Å². The third kappa shape index (κ3) is 4.55. The number of halogens is 1. The molecule has 1 amide bonds. The SMILES string of the molecule is Cc1cc(C)cc(N(CC(=O)Nc2ccccc2F)S(C)(=O)=O)c1. The van der Waals surface area contributed by atoms with Gasteiger partial charge < -0.3 is 5.32 Å². The number of nitrogens with one attached hydrogen (secondary N) is 1. The number of aryl methyl sites for hydroxylation is 2. The molecule has 0 fully saturated rings. The molecule has 2 aromatic carbocycles. The molecular weight excluding hydrogens is 331 g/mol. The van der Waals surface area contributed by atoms with Crippen LogP contribution in [0.25, 0.3) is 0 Å². The summed E-state index contributed by atoms with van der Waals surface area (Å²) >= 11 is 0. The highest BCUT2D eigenvalue weighted by Crippen LogP contribution is 2.21. The van der Waals surface area contributed by atoms with E-state index in [1.54, 1.807) is 18.2 Å². The van der Waals surface area contributed by atoms with Gasteiger partial charge in [0.15, 0.2) is 0 Å². The third-order valence-corrected chi connectivity index (χ3v) is 4.47. The van der Waals surface area contributed by atoms with Gasteiger partial charge in [-0.15, -0.1) is 0 Å². The molecule has 5 nitrogen and oxygen atoms in total. The van der Waals surface area contributed by atoms with Crippen molar-refractivity contribution in [2.75, 3.05) is 22.4 Å². The van der Waals surface area contributed by atoms with Crippen molar-refractivity contribution in [2.45, 2.75) is 13.8 Å². The van der Waals surface area contributed by atoms with Gasteiger partial charge in [0.25, 0.3) is 0 Å². The van der Waals surface area contributed by atoms with Crippen LogP contribution in [0, 0.1) is 19.7 Å². The Hall–Kier alpha value is -2.41. The summed E-state index contributed by atoms with van der Waals surface area (Å²) in [5, 5.41) is 2.39. The first-order valence-electron chi connectivity index (χ1n) is 7.27. The molecule has 0 bridgehead atoms. The van der Waals surface area contributed by atoms with Crippen molar-refractivity contribution in [3.8, 4) is 0 Å². The number of benzene rings is 2. The smallest absolute Gasteiger partial charge is 0.245 e. The van der Waals surface area contributed by atoms with Gasteiger partial charge >= 0.3 is 0 Å². The fourth-order valence-corrected chi connectivity index (χ4v) is 3.22. The molecule has 0 aromatic heterocycles. The molecule has 0 saturated carbocycles. The summed E-state index contributed by atoms with van der Waals surface area (Å²) in [4.78, 5) is 12.2. The third-order valence-electron chi connectivity index (χ3n) is 3.33. The maximum Gasteiger partial charge on any atom is 0.245 e. The van der Waals surface area contributed by atoms with Gasteiger partial charge in [0, 0.05) is 0 Å². The number of carbonyl (C=O) groups is 1. The second-order valence-corrected chi connectivity index (χ2v) is 7.55. The average molecular weight is 350 g/mol. The predicted octanol–water partition coefficient (Wildman–Crippen LogP) is 2.85. The predicted molar refractivity (Wildman–Crippen MR) is 93.1 cm³/mol. The summed E-state index contributed by atoms with van der Waals surface area (Å²) in [6.07, 6.45) is 1.03. The summed E-state index contributed by atoms with van der Waals surface area (Å²) in [7, 11) is -3.67. The van der Waals surface area contributed by atoms with Crippen LogP contribution in [-0.2, 0) is 14.8 Å². The number of carbonyl (C=O) groups excluding carboxylic acids is 1. The Labute approximate surface area is 141 Å². The van der Waals surface area contributed by atoms with Crippen molar-refractivity contribution in [1.29, 1.82) is 0 Å². The summed E-state index contributed by atoms with van der Waals surface area (Å²) in [6, 6.07) is 11.0. The molecule has 7 heteroatoms. The Morgan fingerprint density at radius 2 is 1.71 bits per heavy atom. The van der Waals surface area contributed by atoms with Crippen LogP contribution >= 0.6 is 0 Å². The Kier molecular flexibility index (Phi) is 5.23. The van der Waals surface area contributed by atoms with E-state index >= 15 is 0 Å². The van der Waals surface area contributed by atoms with Crippen molar-refractivity contribution < 1.29 is 17.6 Å². The summed E-state index contributed by atoms with van der Waals surface area (Å²) in [5.74, 6) is -1.20. The number of amides is 1. The van der Waals surface area contributed by atoms with Crippen molar-refractivity contribution in [3.05, 3.63) is 59.4 Å². The zero-order chi connectivity index (χ0) is 17.9. The number of rotatable bonds is 5. The van der Waals surface area contributed by atoms with Crippen LogP contribution in [0.3, 0.4) is 0 Å². The van der Waals surface area contributed by atoms with Gasteiger partial charge in [0.1, 0.15) is 12.4 Å². The van der Waals surface area contributed by atoms with Gasteiger partial charge in [-0.2, -0.15) is 0 Å². The van der Waals surface area contributed by atoms with E-state index in [-0.39, 0.29) is 5.69 Å². The van der Waals surface area contributed by atoms with E-state index in [1.807, 2.05) is 19.9 Å². The number of hydrogen-bond acceptors (Lipinski definition) is 3. The van der Waals surface area contributed by atoms with Crippen LogP contribution in [0.1, 0.15) is 11.1 Å². The lowest BCUT2D eigenvalue weighted by molar-refractivity contribution is -0.114. The highest BCUT2D eigenvalue weighted by Gasteiger charge is 2.21. The number of nitrogens with zero attached hydrogens (tertiary/aromatic N) is 1. The van der Waals surface area contributed by atoms with E-state index in [0.717, 1.165) is 21.7 Å². The quantitative estimate of drug-likeness (QED) is 0.902. The first-order valence-corrected chi connectivity index (χ1v) is 9.12. The second kappa shape index (κ2) is 7.00. The molecule has 0 unspecified atom stereocenters. The maximum atomic E-state index is 13.6. The van der Waals surface area contributed by atoms with Crippen molar-refractivity contribution >= 4 is 27.3 Å². The molecule has 0 spiro atoms. The molecule has 0 saturated heterocycles. The topological polar surface area (TPSA) is 66.5 Å². The molecule has 0 aliphatic rings. The Morgan fingerprint density at radius 3 is 2.25 bits per heavy atom. The van der Waals surface area contributed by atoms with Gasteiger partial charge in [-0.25, -0.2) is 12.8 Å². The van der Waals surface area contributed by atoms with E-state index in [1.165, 1.54) is 18.2 Å². The Morgan fingerprint density at radius 1 is 1.12 bits per heavy atom. The van der Waals surface area contributed by atoms with Gasteiger partial charge in [-0.05, 0) is 49.2 Å². The summed E-state index contributed by atoms with van der Waals surface area (Å²) in [6.45, 7) is 3.25. The molecule has 0 heterocycles. The zero-order valence-corrected chi connectivity index (χ0v) is 14.5. The summed E-state index contributed by atoms with van der Waals surface area (Å²) in [5.41, 5.74) is 2.18. The molecule has 0 atom stereocenters. The molecule has 128 valence electrons. The second-order valence-electron chi connectivity index (χ2n) is 5.64. The van der Waals surface area contributed by atoms with Gasteiger partial charge in [-0.1, -0.05) is 18.2 Å². The van der Waals surface area contributed by atoms with Crippen LogP contribution in [-0.4, -0.2) is 27.1 Å². The van der Waals surface area contributed by atoms with Gasteiger partial charge in [0.2, 0.25) is 15.9 Å². The first-order chi connectivity index (χ1) is 11.2. The number of anilines is 2. The van der Waals surface area contributed by atoms with Crippen LogP contribution < -0.4 is 9.62 Å². The van der Waals surface area contributed by atoms with E-state index in [4.69, 9.17) is 0 Å². The fourth-order valence-electron chi connectivity index (χ4n) is 2.38. The highest BCUT2D eigenvalue weighted by molar-refractivity contribution is 7.92. The van der Waals surface area contributed by atoms with Crippen molar-refractivity contribution in [3.63, 3.8) is 0 Å². The van der Waals surface area contributed by atoms with E-state index in [0.29, 0.717) is 5.69 Å². The van der Waals surface area contributed by atoms with E-state index in [9.17, 15) is 17.6 Å². The van der Waals surface area contributed by atoms with Crippen LogP contribution in [0.15, 0.2) is 42.5 Å².